The Kier molecular flexibility index (Phi) is 5.03. The second-order valence-electron chi connectivity index (χ2n) is 6.59. The molecule has 0 spiro atoms. The van der Waals surface area contributed by atoms with E-state index in [2.05, 4.69) is 42.5 Å². The van der Waals surface area contributed by atoms with E-state index in [4.69, 9.17) is 4.74 Å². The molecule has 4 aromatic carbocycles. The average molecular weight is 364 g/mol. The summed E-state index contributed by atoms with van der Waals surface area (Å²) in [4.78, 5) is 11.8. The van der Waals surface area contributed by atoms with E-state index in [0.29, 0.717) is 5.75 Å². The minimum absolute atomic E-state index is 0.330. The minimum Gasteiger partial charge on any atom is -0.426 e. The van der Waals surface area contributed by atoms with Crippen LogP contribution in [0.25, 0.3) is 22.4 Å². The summed E-state index contributed by atoms with van der Waals surface area (Å²) in [6.07, 6.45) is 2.14. The highest BCUT2D eigenvalue weighted by Crippen LogP contribution is 2.38. The molecule has 4 rings (SSSR count). The molecule has 0 unspecified atom stereocenters. The van der Waals surface area contributed by atoms with Crippen LogP contribution in [0.15, 0.2) is 97.1 Å². The summed E-state index contributed by atoms with van der Waals surface area (Å²) in [6, 6.07) is 32.4. The summed E-state index contributed by atoms with van der Waals surface area (Å²) >= 11 is 0. The number of fused-ring (bicyclic) bond motifs is 1. The van der Waals surface area contributed by atoms with Gasteiger partial charge in [0, 0.05) is 12.5 Å². The predicted molar refractivity (Wildman–Crippen MR) is 115 cm³/mol. The molecule has 0 aliphatic carbocycles. The molecule has 2 heteroatoms. The van der Waals surface area contributed by atoms with Crippen molar-refractivity contribution in [2.24, 2.45) is 0 Å². The van der Waals surface area contributed by atoms with E-state index in [0.717, 1.165) is 33.0 Å². The highest BCUT2D eigenvalue weighted by Gasteiger charge is 2.16. The molecule has 0 aliphatic heterocycles. The molecule has 0 N–H and O–H groups in total. The third kappa shape index (κ3) is 3.72. The highest BCUT2D eigenvalue weighted by atomic mass is 16.5. The molecule has 2 nitrogen and oxygen atoms in total. The second-order valence-corrected chi connectivity index (χ2v) is 6.59. The van der Waals surface area contributed by atoms with Crippen LogP contribution in [0.2, 0.25) is 0 Å². The van der Waals surface area contributed by atoms with Crippen molar-refractivity contribution in [1.29, 1.82) is 0 Å². The first-order valence-electron chi connectivity index (χ1n) is 9.25. The second kappa shape index (κ2) is 7.93. The van der Waals surface area contributed by atoms with Crippen LogP contribution in [0.1, 0.15) is 23.6 Å². The van der Waals surface area contributed by atoms with E-state index in [9.17, 15) is 4.79 Å². The lowest BCUT2D eigenvalue weighted by Gasteiger charge is -2.16. The number of hydrogen-bond donors (Lipinski definition) is 0. The van der Waals surface area contributed by atoms with Crippen molar-refractivity contribution in [3.63, 3.8) is 0 Å². The first-order valence-corrected chi connectivity index (χ1v) is 9.25. The highest BCUT2D eigenvalue weighted by molar-refractivity contribution is 6.05. The molecule has 28 heavy (non-hydrogen) atoms. The van der Waals surface area contributed by atoms with Crippen LogP contribution in [0, 0.1) is 0 Å². The largest absolute Gasteiger partial charge is 0.426 e. The molecular formula is C26H20O2. The van der Waals surface area contributed by atoms with Crippen LogP contribution in [0.3, 0.4) is 0 Å². The summed E-state index contributed by atoms with van der Waals surface area (Å²) in [5.41, 5.74) is 4.09. The monoisotopic (exact) mass is 364 g/mol. The van der Waals surface area contributed by atoms with E-state index < -0.39 is 0 Å². The van der Waals surface area contributed by atoms with E-state index in [1.54, 1.807) is 0 Å². The van der Waals surface area contributed by atoms with Gasteiger partial charge in [-0.3, -0.25) is 4.79 Å². The third-order valence-electron chi connectivity index (χ3n) is 4.61. The zero-order valence-electron chi connectivity index (χ0n) is 15.6. The van der Waals surface area contributed by atoms with Gasteiger partial charge in [-0.1, -0.05) is 91.0 Å². The van der Waals surface area contributed by atoms with Gasteiger partial charge in [0.15, 0.2) is 0 Å². The van der Waals surface area contributed by atoms with E-state index in [-0.39, 0.29) is 5.97 Å². The van der Waals surface area contributed by atoms with E-state index in [1.807, 2.05) is 60.7 Å². The molecule has 0 aromatic heterocycles. The number of hydrogen-bond acceptors (Lipinski definition) is 2. The van der Waals surface area contributed by atoms with Crippen molar-refractivity contribution in [2.75, 3.05) is 0 Å². The molecule has 0 amide bonds. The number of esters is 1. The van der Waals surface area contributed by atoms with Crippen LogP contribution in [-0.2, 0) is 4.79 Å². The summed E-state index contributed by atoms with van der Waals surface area (Å²) in [7, 11) is 0. The van der Waals surface area contributed by atoms with Gasteiger partial charge in [-0.2, -0.15) is 0 Å². The molecule has 0 fully saturated rings. The van der Waals surface area contributed by atoms with Gasteiger partial charge in [-0.05, 0) is 39.6 Å². The molecule has 0 radical (unpaired) electrons. The zero-order chi connectivity index (χ0) is 19.3. The van der Waals surface area contributed by atoms with E-state index >= 15 is 0 Å². The van der Waals surface area contributed by atoms with Crippen molar-refractivity contribution < 1.29 is 9.53 Å². The minimum atomic E-state index is -0.330. The topological polar surface area (TPSA) is 26.3 Å². The molecule has 0 bridgehead atoms. The maximum Gasteiger partial charge on any atom is 0.308 e. The lowest BCUT2D eigenvalue weighted by Crippen LogP contribution is -2.04. The SMILES string of the molecule is CC(=O)Oc1ccc2ccccc2c1/C(=C\c1ccccc1)c1ccccc1. The van der Waals surface area contributed by atoms with Crippen LogP contribution >= 0.6 is 0 Å². The normalized spacial score (nSPS) is 11.4. The van der Waals surface area contributed by atoms with Crippen molar-refractivity contribution >= 4 is 28.4 Å². The molecular weight excluding hydrogens is 344 g/mol. The number of carbonyl (C=O) groups is 1. The fraction of sp³-hybridized carbons (Fsp3) is 0.0385. The zero-order valence-corrected chi connectivity index (χ0v) is 15.6. The Balaban J connectivity index is 2.04. The molecule has 4 aromatic rings. The Morgan fingerprint density at radius 1 is 0.750 bits per heavy atom. The summed E-state index contributed by atoms with van der Waals surface area (Å²) in [5, 5.41) is 2.15. The molecule has 0 saturated heterocycles. The maximum atomic E-state index is 11.8. The number of rotatable bonds is 4. The lowest BCUT2D eigenvalue weighted by molar-refractivity contribution is -0.131. The van der Waals surface area contributed by atoms with Crippen molar-refractivity contribution in [3.05, 3.63) is 114 Å². The Bertz CT molecular complexity index is 1140. The fourth-order valence-electron chi connectivity index (χ4n) is 3.40. The van der Waals surface area contributed by atoms with Crippen LogP contribution in [-0.4, -0.2) is 5.97 Å². The van der Waals surface area contributed by atoms with Crippen molar-refractivity contribution in [1.82, 2.24) is 0 Å². The number of benzene rings is 4. The Labute approximate surface area is 164 Å². The maximum absolute atomic E-state index is 11.8. The molecule has 0 saturated carbocycles. The van der Waals surface area contributed by atoms with Crippen molar-refractivity contribution in [2.45, 2.75) is 6.92 Å². The van der Waals surface area contributed by atoms with Gasteiger partial charge in [-0.25, -0.2) is 0 Å². The van der Waals surface area contributed by atoms with Gasteiger partial charge in [0.2, 0.25) is 0 Å². The van der Waals surface area contributed by atoms with Gasteiger partial charge >= 0.3 is 5.97 Å². The quantitative estimate of drug-likeness (QED) is 0.239. The summed E-state index contributed by atoms with van der Waals surface area (Å²) in [6.45, 7) is 1.43. The number of carbonyl (C=O) groups excluding carboxylic acids is 1. The van der Waals surface area contributed by atoms with Gasteiger partial charge in [0.05, 0.1) is 0 Å². The molecule has 0 atom stereocenters. The smallest absolute Gasteiger partial charge is 0.308 e. The van der Waals surface area contributed by atoms with Crippen LogP contribution in [0.4, 0.5) is 0 Å². The standard InChI is InChI=1S/C26H20O2/c1-19(27)28-25-17-16-22-14-8-9-15-23(22)26(25)24(21-12-6-3-7-13-21)18-20-10-4-2-5-11-20/h2-18H,1H3/b24-18-. The van der Waals surface area contributed by atoms with Crippen molar-refractivity contribution in [3.8, 4) is 5.75 Å². The van der Waals surface area contributed by atoms with Gasteiger partial charge < -0.3 is 4.74 Å². The first-order chi connectivity index (χ1) is 13.7. The fourth-order valence-corrected chi connectivity index (χ4v) is 3.40. The molecule has 136 valence electrons. The molecule has 0 aliphatic rings. The number of ether oxygens (including phenoxy) is 1. The first kappa shape index (κ1) is 17.7. The molecule has 0 heterocycles. The Morgan fingerprint density at radius 2 is 1.39 bits per heavy atom. The van der Waals surface area contributed by atoms with Gasteiger partial charge in [0.25, 0.3) is 0 Å². The summed E-state index contributed by atoms with van der Waals surface area (Å²) in [5.74, 6) is 0.237. The Hall–Kier alpha value is -3.65. The van der Waals surface area contributed by atoms with Gasteiger partial charge in [-0.15, -0.1) is 0 Å². The predicted octanol–water partition coefficient (Wildman–Crippen LogP) is 6.35. The van der Waals surface area contributed by atoms with Crippen LogP contribution < -0.4 is 4.74 Å². The summed E-state index contributed by atoms with van der Waals surface area (Å²) < 4.78 is 5.61. The Morgan fingerprint density at radius 3 is 2.11 bits per heavy atom. The van der Waals surface area contributed by atoms with E-state index in [1.165, 1.54) is 6.92 Å². The third-order valence-corrected chi connectivity index (χ3v) is 4.61. The average Bonchev–Trinajstić information content (AvgIpc) is 2.73. The van der Waals surface area contributed by atoms with Gasteiger partial charge in [0.1, 0.15) is 5.75 Å². The lowest BCUT2D eigenvalue weighted by atomic mass is 9.91. The van der Waals surface area contributed by atoms with Crippen LogP contribution in [0.5, 0.6) is 5.75 Å².